The van der Waals surface area contributed by atoms with Crippen LogP contribution in [0.4, 0.5) is 19.0 Å². The number of rotatable bonds is 6. The smallest absolute Gasteiger partial charge is 0.367 e. The van der Waals surface area contributed by atoms with E-state index < -0.39 is 12.6 Å². The lowest BCUT2D eigenvalue weighted by Crippen LogP contribution is -2.40. The van der Waals surface area contributed by atoms with Crippen LogP contribution in [0, 0.1) is 0 Å². The first-order valence-electron chi connectivity index (χ1n) is 9.79. The molecule has 0 aliphatic carbocycles. The van der Waals surface area contributed by atoms with Crippen LogP contribution in [0.5, 0.6) is 0 Å². The number of fused-ring (bicyclic) bond motifs is 1. The maximum atomic E-state index is 12.7. The number of nitrogens with one attached hydrogen (secondary N) is 1. The average molecular weight is 421 g/mol. The van der Waals surface area contributed by atoms with Gasteiger partial charge in [0.15, 0.2) is 0 Å². The van der Waals surface area contributed by atoms with Gasteiger partial charge in [-0.3, -0.25) is 0 Å². The molecule has 3 aromatic rings. The highest BCUT2D eigenvalue weighted by Crippen LogP contribution is 2.33. The standard InChI is InChI=1S/C21H23F3N4S/c22-21(23,24)13-17-12-18-19(25-14-26-20(18)29-17)27-16-7-10-28(11-8-16)9-6-15-4-2-1-3-5-15/h1-5,12,14,16H,6-11,13H2,(H,25,26,27). The minimum absolute atomic E-state index is 0.270. The van der Waals surface area contributed by atoms with Crippen LogP contribution in [0.2, 0.25) is 0 Å². The number of thiophene rings is 1. The average Bonchev–Trinajstić information content (AvgIpc) is 3.10. The molecule has 0 amide bonds. The van der Waals surface area contributed by atoms with Crippen molar-refractivity contribution < 1.29 is 13.2 Å². The van der Waals surface area contributed by atoms with Gasteiger partial charge >= 0.3 is 6.18 Å². The molecule has 154 valence electrons. The molecule has 4 nitrogen and oxygen atoms in total. The van der Waals surface area contributed by atoms with Crippen LogP contribution in [0.1, 0.15) is 23.3 Å². The molecule has 1 aliphatic rings. The maximum Gasteiger partial charge on any atom is 0.393 e. The highest BCUT2D eigenvalue weighted by atomic mass is 32.1. The molecular formula is C21H23F3N4S. The van der Waals surface area contributed by atoms with Gasteiger partial charge in [-0.15, -0.1) is 11.3 Å². The summed E-state index contributed by atoms with van der Waals surface area (Å²) in [6, 6.07) is 12.3. The monoisotopic (exact) mass is 420 g/mol. The van der Waals surface area contributed by atoms with E-state index in [-0.39, 0.29) is 10.9 Å². The van der Waals surface area contributed by atoms with Gasteiger partial charge < -0.3 is 10.2 Å². The zero-order valence-corrected chi connectivity index (χ0v) is 16.8. The number of aromatic nitrogens is 2. The van der Waals surface area contributed by atoms with Crippen molar-refractivity contribution in [3.63, 3.8) is 0 Å². The molecule has 0 unspecified atom stereocenters. The molecule has 0 atom stereocenters. The summed E-state index contributed by atoms with van der Waals surface area (Å²) < 4.78 is 38.1. The number of hydrogen-bond acceptors (Lipinski definition) is 5. The van der Waals surface area contributed by atoms with Gasteiger partial charge in [-0.05, 0) is 30.9 Å². The van der Waals surface area contributed by atoms with Crippen molar-refractivity contribution in [2.75, 3.05) is 25.0 Å². The van der Waals surface area contributed by atoms with Crippen LogP contribution in [-0.4, -0.2) is 46.7 Å². The predicted molar refractivity (Wildman–Crippen MR) is 110 cm³/mol. The van der Waals surface area contributed by atoms with Crippen LogP contribution >= 0.6 is 11.3 Å². The summed E-state index contributed by atoms with van der Waals surface area (Å²) in [6.45, 7) is 3.04. The van der Waals surface area contributed by atoms with E-state index in [0.717, 1.165) is 50.2 Å². The first-order chi connectivity index (χ1) is 14.0. The summed E-state index contributed by atoms with van der Waals surface area (Å²) in [5.41, 5.74) is 1.35. The van der Waals surface area contributed by atoms with E-state index >= 15 is 0 Å². The third-order valence-corrected chi connectivity index (χ3v) is 6.29. The van der Waals surface area contributed by atoms with E-state index in [1.165, 1.54) is 11.9 Å². The summed E-state index contributed by atoms with van der Waals surface area (Å²) in [5.74, 6) is 0.641. The molecule has 2 aromatic heterocycles. The van der Waals surface area contributed by atoms with Gasteiger partial charge in [0.25, 0.3) is 0 Å². The quantitative estimate of drug-likeness (QED) is 0.615. The first-order valence-corrected chi connectivity index (χ1v) is 10.6. The van der Waals surface area contributed by atoms with E-state index in [1.807, 2.05) is 6.07 Å². The lowest BCUT2D eigenvalue weighted by Gasteiger charge is -2.32. The first kappa shape index (κ1) is 20.1. The fourth-order valence-electron chi connectivity index (χ4n) is 3.73. The molecule has 1 aliphatic heterocycles. The SMILES string of the molecule is FC(F)(F)Cc1cc2c(NC3CCN(CCc4ccccc4)CC3)ncnc2s1. The Labute approximate surface area is 171 Å². The molecule has 4 rings (SSSR count). The Morgan fingerprint density at radius 3 is 2.59 bits per heavy atom. The number of anilines is 1. The van der Waals surface area contributed by atoms with Crippen molar-refractivity contribution in [2.45, 2.75) is 37.9 Å². The Morgan fingerprint density at radius 2 is 1.86 bits per heavy atom. The van der Waals surface area contributed by atoms with Crippen molar-refractivity contribution >= 4 is 27.4 Å². The topological polar surface area (TPSA) is 41.0 Å². The second-order valence-electron chi connectivity index (χ2n) is 7.44. The molecule has 8 heteroatoms. The number of halogens is 3. The number of nitrogens with zero attached hydrogens (tertiary/aromatic N) is 3. The van der Waals surface area contributed by atoms with Gasteiger partial charge in [0.1, 0.15) is 17.0 Å². The summed E-state index contributed by atoms with van der Waals surface area (Å²) in [5, 5.41) is 4.13. The molecule has 1 saturated heterocycles. The number of benzene rings is 1. The lowest BCUT2D eigenvalue weighted by atomic mass is 10.0. The van der Waals surface area contributed by atoms with E-state index in [0.29, 0.717) is 16.0 Å². The van der Waals surface area contributed by atoms with E-state index in [9.17, 15) is 13.2 Å². The molecule has 0 radical (unpaired) electrons. The van der Waals surface area contributed by atoms with Crippen molar-refractivity contribution in [3.05, 3.63) is 53.2 Å². The minimum Gasteiger partial charge on any atom is -0.367 e. The Morgan fingerprint density at radius 1 is 1.10 bits per heavy atom. The molecule has 0 spiro atoms. The minimum atomic E-state index is -4.21. The highest BCUT2D eigenvalue weighted by Gasteiger charge is 2.29. The second kappa shape index (κ2) is 8.67. The van der Waals surface area contributed by atoms with Gasteiger partial charge in [0, 0.05) is 30.6 Å². The van der Waals surface area contributed by atoms with Crippen LogP contribution in [0.3, 0.4) is 0 Å². The molecule has 1 aromatic carbocycles. The summed E-state index contributed by atoms with van der Waals surface area (Å²) in [7, 11) is 0. The Balaban J connectivity index is 1.34. The zero-order chi connectivity index (χ0) is 20.3. The van der Waals surface area contributed by atoms with Crippen molar-refractivity contribution in [1.29, 1.82) is 0 Å². The summed E-state index contributed by atoms with van der Waals surface area (Å²) in [6.07, 6.45) is -0.697. The molecule has 1 fully saturated rings. The van der Waals surface area contributed by atoms with Gasteiger partial charge in [-0.2, -0.15) is 13.2 Å². The third-order valence-electron chi connectivity index (χ3n) is 5.24. The number of alkyl halides is 3. The van der Waals surface area contributed by atoms with Crippen molar-refractivity contribution in [1.82, 2.24) is 14.9 Å². The Kier molecular flexibility index (Phi) is 6.01. The molecular weight excluding hydrogens is 397 g/mol. The normalized spacial score (nSPS) is 16.4. The zero-order valence-electron chi connectivity index (χ0n) is 16.0. The molecule has 0 bridgehead atoms. The molecule has 1 N–H and O–H groups in total. The molecule has 29 heavy (non-hydrogen) atoms. The Bertz CT molecular complexity index is 934. The van der Waals surface area contributed by atoms with Crippen molar-refractivity contribution in [2.24, 2.45) is 0 Å². The van der Waals surface area contributed by atoms with Crippen LogP contribution in [-0.2, 0) is 12.8 Å². The predicted octanol–water partition coefficient (Wildman–Crippen LogP) is 4.92. The van der Waals surface area contributed by atoms with E-state index in [4.69, 9.17) is 0 Å². The van der Waals surface area contributed by atoms with Gasteiger partial charge in [0.2, 0.25) is 0 Å². The lowest BCUT2D eigenvalue weighted by molar-refractivity contribution is -0.126. The van der Waals surface area contributed by atoms with E-state index in [2.05, 4.69) is 44.5 Å². The second-order valence-corrected chi connectivity index (χ2v) is 8.56. The van der Waals surface area contributed by atoms with Crippen LogP contribution < -0.4 is 5.32 Å². The van der Waals surface area contributed by atoms with Crippen molar-refractivity contribution in [3.8, 4) is 0 Å². The van der Waals surface area contributed by atoms with E-state index in [1.54, 1.807) is 6.07 Å². The number of likely N-dealkylation sites (tertiary alicyclic amines) is 1. The van der Waals surface area contributed by atoms with Crippen LogP contribution in [0.25, 0.3) is 10.2 Å². The number of hydrogen-bond donors (Lipinski definition) is 1. The molecule has 3 heterocycles. The summed E-state index contributed by atoms with van der Waals surface area (Å²) in [4.78, 5) is 11.8. The van der Waals surface area contributed by atoms with Gasteiger partial charge in [0.05, 0.1) is 11.8 Å². The fraction of sp³-hybridized carbons (Fsp3) is 0.429. The maximum absolute atomic E-state index is 12.7. The molecule has 0 saturated carbocycles. The summed E-state index contributed by atoms with van der Waals surface area (Å²) >= 11 is 1.09. The van der Waals surface area contributed by atoms with Gasteiger partial charge in [-0.1, -0.05) is 30.3 Å². The van der Waals surface area contributed by atoms with Crippen LogP contribution in [0.15, 0.2) is 42.7 Å². The third kappa shape index (κ3) is 5.45. The highest BCUT2D eigenvalue weighted by molar-refractivity contribution is 7.18. The Hall–Kier alpha value is -2.19. The largest absolute Gasteiger partial charge is 0.393 e. The number of piperidine rings is 1. The van der Waals surface area contributed by atoms with Gasteiger partial charge in [-0.25, -0.2) is 9.97 Å². The fourth-order valence-corrected chi connectivity index (χ4v) is 4.76.